The van der Waals surface area contributed by atoms with Crippen molar-refractivity contribution in [3.8, 4) is 11.3 Å². The SMILES string of the molecule is NC(=O)[C@H]1CCCCN1Cc1cc(-c2ccccc2)no1. The highest BCUT2D eigenvalue weighted by Gasteiger charge is 2.27. The predicted octanol–water partition coefficient (Wildman–Crippen LogP) is 2.18. The summed E-state index contributed by atoms with van der Waals surface area (Å²) >= 11 is 0. The van der Waals surface area contributed by atoms with E-state index in [9.17, 15) is 4.79 Å². The summed E-state index contributed by atoms with van der Waals surface area (Å²) in [5.74, 6) is 0.513. The van der Waals surface area contributed by atoms with Crippen LogP contribution in [0, 0.1) is 0 Å². The molecule has 0 spiro atoms. The Labute approximate surface area is 123 Å². The maximum Gasteiger partial charge on any atom is 0.234 e. The molecule has 1 aliphatic heterocycles. The van der Waals surface area contributed by atoms with Gasteiger partial charge >= 0.3 is 0 Å². The summed E-state index contributed by atoms with van der Waals surface area (Å²) in [6.45, 7) is 1.45. The number of piperidine rings is 1. The Morgan fingerprint density at radius 2 is 2.14 bits per heavy atom. The Morgan fingerprint density at radius 3 is 2.90 bits per heavy atom. The molecule has 0 unspecified atom stereocenters. The van der Waals surface area contributed by atoms with Gasteiger partial charge in [0.2, 0.25) is 5.91 Å². The first kappa shape index (κ1) is 13.8. The van der Waals surface area contributed by atoms with E-state index < -0.39 is 0 Å². The maximum absolute atomic E-state index is 11.5. The summed E-state index contributed by atoms with van der Waals surface area (Å²) in [4.78, 5) is 13.6. The van der Waals surface area contributed by atoms with Crippen LogP contribution in [0.3, 0.4) is 0 Å². The first-order chi connectivity index (χ1) is 10.2. The Balaban J connectivity index is 1.73. The van der Waals surface area contributed by atoms with E-state index in [0.29, 0.717) is 6.54 Å². The van der Waals surface area contributed by atoms with Crippen LogP contribution in [0.1, 0.15) is 25.0 Å². The topological polar surface area (TPSA) is 72.4 Å². The smallest absolute Gasteiger partial charge is 0.234 e. The average molecular weight is 285 g/mol. The van der Waals surface area contributed by atoms with Crippen LogP contribution >= 0.6 is 0 Å². The van der Waals surface area contributed by atoms with E-state index in [-0.39, 0.29) is 11.9 Å². The van der Waals surface area contributed by atoms with Crippen molar-refractivity contribution in [1.82, 2.24) is 10.1 Å². The van der Waals surface area contributed by atoms with Crippen LogP contribution in [0.25, 0.3) is 11.3 Å². The van der Waals surface area contributed by atoms with E-state index in [1.807, 2.05) is 36.4 Å². The fourth-order valence-corrected chi connectivity index (χ4v) is 2.84. The third-order valence-corrected chi connectivity index (χ3v) is 3.93. The molecule has 1 atom stereocenters. The van der Waals surface area contributed by atoms with E-state index in [1.54, 1.807) is 0 Å². The number of hydrogen-bond donors (Lipinski definition) is 1. The standard InChI is InChI=1S/C16H19N3O2/c17-16(20)15-8-4-5-9-19(15)11-13-10-14(18-21-13)12-6-2-1-3-7-12/h1-3,6-7,10,15H,4-5,8-9,11H2,(H2,17,20)/t15-/m1/s1. The number of carbonyl (C=O) groups excluding carboxylic acids is 1. The minimum atomic E-state index is -0.252. The molecule has 1 aromatic heterocycles. The normalized spacial score (nSPS) is 19.5. The molecule has 1 aliphatic rings. The zero-order chi connectivity index (χ0) is 14.7. The van der Waals surface area contributed by atoms with Crippen LogP contribution in [0.2, 0.25) is 0 Å². The van der Waals surface area contributed by atoms with E-state index in [4.69, 9.17) is 10.3 Å². The van der Waals surface area contributed by atoms with Crippen LogP contribution in [-0.4, -0.2) is 28.6 Å². The van der Waals surface area contributed by atoms with Crippen molar-refractivity contribution in [2.75, 3.05) is 6.54 Å². The van der Waals surface area contributed by atoms with Gasteiger partial charge in [0, 0.05) is 11.6 Å². The fourth-order valence-electron chi connectivity index (χ4n) is 2.84. The number of hydrogen-bond acceptors (Lipinski definition) is 4. The molecule has 3 rings (SSSR count). The van der Waals surface area contributed by atoms with Gasteiger partial charge in [0.15, 0.2) is 5.76 Å². The average Bonchev–Trinajstić information content (AvgIpc) is 2.97. The molecule has 1 saturated heterocycles. The highest BCUT2D eigenvalue weighted by molar-refractivity contribution is 5.79. The molecule has 5 heteroatoms. The lowest BCUT2D eigenvalue weighted by molar-refractivity contribution is -0.124. The van der Waals surface area contributed by atoms with Crippen LogP contribution < -0.4 is 5.73 Å². The van der Waals surface area contributed by atoms with Gasteiger partial charge in [0.25, 0.3) is 0 Å². The second kappa shape index (κ2) is 6.10. The number of nitrogens with two attached hydrogens (primary N) is 1. The number of carbonyl (C=O) groups is 1. The van der Waals surface area contributed by atoms with Crippen molar-refractivity contribution in [2.45, 2.75) is 31.8 Å². The Bertz CT molecular complexity index is 609. The second-order valence-corrected chi connectivity index (χ2v) is 5.43. The van der Waals surface area contributed by atoms with Gasteiger partial charge in [-0.1, -0.05) is 41.9 Å². The first-order valence-electron chi connectivity index (χ1n) is 7.28. The Morgan fingerprint density at radius 1 is 1.33 bits per heavy atom. The summed E-state index contributed by atoms with van der Waals surface area (Å²) in [6, 6.07) is 11.6. The summed E-state index contributed by atoms with van der Waals surface area (Å²) < 4.78 is 5.41. The third-order valence-electron chi connectivity index (χ3n) is 3.93. The lowest BCUT2D eigenvalue weighted by atomic mass is 10.0. The zero-order valence-corrected chi connectivity index (χ0v) is 11.9. The number of likely N-dealkylation sites (tertiary alicyclic amines) is 1. The van der Waals surface area contributed by atoms with Gasteiger partial charge < -0.3 is 10.3 Å². The van der Waals surface area contributed by atoms with E-state index in [1.165, 1.54) is 0 Å². The molecule has 1 aromatic carbocycles. The molecular weight excluding hydrogens is 266 g/mol. The van der Waals surface area contributed by atoms with Crippen LogP contribution in [0.5, 0.6) is 0 Å². The molecular formula is C16H19N3O2. The molecule has 0 radical (unpaired) electrons. The van der Waals surface area contributed by atoms with Crippen molar-refractivity contribution in [3.63, 3.8) is 0 Å². The van der Waals surface area contributed by atoms with Gasteiger partial charge in [-0.3, -0.25) is 9.69 Å². The van der Waals surface area contributed by atoms with Gasteiger partial charge in [-0.15, -0.1) is 0 Å². The summed E-state index contributed by atoms with van der Waals surface area (Å²) in [5, 5.41) is 4.10. The molecule has 0 bridgehead atoms. The minimum Gasteiger partial charge on any atom is -0.368 e. The van der Waals surface area contributed by atoms with Crippen molar-refractivity contribution >= 4 is 5.91 Å². The quantitative estimate of drug-likeness (QED) is 0.934. The second-order valence-electron chi connectivity index (χ2n) is 5.43. The lowest BCUT2D eigenvalue weighted by Gasteiger charge is -2.32. The molecule has 1 fully saturated rings. The molecule has 2 heterocycles. The van der Waals surface area contributed by atoms with E-state index in [0.717, 1.165) is 42.8 Å². The van der Waals surface area contributed by atoms with E-state index in [2.05, 4.69) is 10.1 Å². The number of benzene rings is 1. The van der Waals surface area contributed by atoms with Crippen molar-refractivity contribution in [2.24, 2.45) is 5.73 Å². The number of rotatable bonds is 4. The highest BCUT2D eigenvalue weighted by Crippen LogP contribution is 2.23. The molecule has 1 amide bonds. The molecule has 2 N–H and O–H groups in total. The van der Waals surface area contributed by atoms with E-state index >= 15 is 0 Å². The highest BCUT2D eigenvalue weighted by atomic mass is 16.5. The molecule has 5 nitrogen and oxygen atoms in total. The minimum absolute atomic E-state index is 0.191. The largest absolute Gasteiger partial charge is 0.368 e. The van der Waals surface area contributed by atoms with Gasteiger partial charge in [-0.2, -0.15) is 0 Å². The Hall–Kier alpha value is -2.14. The predicted molar refractivity (Wildman–Crippen MR) is 79.2 cm³/mol. The number of primary amides is 1. The monoisotopic (exact) mass is 285 g/mol. The third kappa shape index (κ3) is 3.13. The van der Waals surface area contributed by atoms with Gasteiger partial charge in [0.1, 0.15) is 5.69 Å². The van der Waals surface area contributed by atoms with Crippen molar-refractivity contribution in [1.29, 1.82) is 0 Å². The first-order valence-corrected chi connectivity index (χ1v) is 7.28. The molecule has 2 aromatic rings. The Kier molecular flexibility index (Phi) is 4.01. The van der Waals surface area contributed by atoms with Crippen LogP contribution in [-0.2, 0) is 11.3 Å². The molecule has 0 aliphatic carbocycles. The number of nitrogens with zero attached hydrogens (tertiary/aromatic N) is 2. The van der Waals surface area contributed by atoms with Gasteiger partial charge in [0.05, 0.1) is 12.6 Å². The van der Waals surface area contributed by atoms with Crippen LogP contribution in [0.4, 0.5) is 0 Å². The van der Waals surface area contributed by atoms with Crippen molar-refractivity contribution < 1.29 is 9.32 Å². The summed E-state index contributed by atoms with van der Waals surface area (Å²) in [5.41, 5.74) is 7.32. The van der Waals surface area contributed by atoms with Gasteiger partial charge in [-0.25, -0.2) is 0 Å². The zero-order valence-electron chi connectivity index (χ0n) is 11.9. The van der Waals surface area contributed by atoms with Crippen molar-refractivity contribution in [3.05, 3.63) is 42.2 Å². The fraction of sp³-hybridized carbons (Fsp3) is 0.375. The molecule has 21 heavy (non-hydrogen) atoms. The maximum atomic E-state index is 11.5. The van der Waals surface area contributed by atoms with Crippen LogP contribution in [0.15, 0.2) is 40.9 Å². The number of amides is 1. The van der Waals surface area contributed by atoms with Gasteiger partial charge in [-0.05, 0) is 19.4 Å². The molecule has 0 saturated carbocycles. The number of aromatic nitrogens is 1. The molecule has 110 valence electrons. The lowest BCUT2D eigenvalue weighted by Crippen LogP contribution is -2.47. The summed E-state index contributed by atoms with van der Waals surface area (Å²) in [6.07, 6.45) is 2.97. The summed E-state index contributed by atoms with van der Waals surface area (Å²) in [7, 11) is 0.